The molecule has 3 aromatic rings. The number of hydrogen-bond acceptors (Lipinski definition) is 12. The van der Waals surface area contributed by atoms with Crippen LogP contribution in [0.1, 0.15) is 5.69 Å². The Morgan fingerprint density at radius 2 is 2.22 bits per heavy atom. The lowest BCUT2D eigenvalue weighted by molar-refractivity contribution is -0.687. The van der Waals surface area contributed by atoms with Gasteiger partial charge in [0.25, 0.3) is 11.8 Å². The van der Waals surface area contributed by atoms with E-state index in [4.69, 9.17) is 16.3 Å². The van der Waals surface area contributed by atoms with Crippen LogP contribution in [0, 0.1) is 0 Å². The lowest BCUT2D eigenvalue weighted by Crippen LogP contribution is -2.71. The molecule has 0 aliphatic carbocycles. The minimum atomic E-state index is -1.45. The summed E-state index contributed by atoms with van der Waals surface area (Å²) in [7, 11) is 1.28. The van der Waals surface area contributed by atoms with Gasteiger partial charge in [0.15, 0.2) is 29.8 Å². The lowest BCUT2D eigenvalue weighted by atomic mass is 10.0. The number of carbonyl (C=O) groups is 3. The molecule has 5 heterocycles. The van der Waals surface area contributed by atoms with Crippen molar-refractivity contribution in [2.24, 2.45) is 5.16 Å². The zero-order valence-electron chi connectivity index (χ0n) is 18.7. The highest BCUT2D eigenvalue weighted by Crippen LogP contribution is 2.40. The van der Waals surface area contributed by atoms with Crippen LogP contribution < -0.4 is 26.5 Å². The maximum atomic E-state index is 13.0. The number of amides is 2. The Labute approximate surface area is 216 Å². The smallest absolute Gasteiger partial charge is 0.276 e. The van der Waals surface area contributed by atoms with Crippen LogP contribution in [0.2, 0.25) is 0 Å². The molecule has 36 heavy (non-hydrogen) atoms. The molecule has 3 aromatic heterocycles. The second-order valence-electron chi connectivity index (χ2n) is 7.88. The van der Waals surface area contributed by atoms with Gasteiger partial charge in [0.05, 0.1) is 22.1 Å². The first-order valence-electron chi connectivity index (χ1n) is 10.5. The fourth-order valence-electron chi connectivity index (χ4n) is 4.07. The zero-order valence-corrected chi connectivity index (χ0v) is 21.1. The summed E-state index contributed by atoms with van der Waals surface area (Å²) in [4.78, 5) is 47.9. The number of nitrogen functional groups attached to an aromatic ring is 2. The quantitative estimate of drug-likeness (QED) is 0.149. The van der Waals surface area contributed by atoms with Gasteiger partial charge in [0.2, 0.25) is 0 Å². The number of β-lactam (4-membered cyclic amide) rings is 1. The van der Waals surface area contributed by atoms with Crippen molar-refractivity contribution < 1.29 is 28.9 Å². The van der Waals surface area contributed by atoms with Crippen LogP contribution in [0.25, 0.3) is 10.1 Å². The predicted octanol–water partition coefficient (Wildman–Crippen LogP) is -0.736. The van der Waals surface area contributed by atoms with E-state index in [1.54, 1.807) is 5.38 Å². The Morgan fingerprint density at radius 3 is 2.92 bits per heavy atom. The molecule has 0 spiro atoms. The number of carbonyl (C=O) groups excluding carboxylic acids is 3. The minimum Gasteiger partial charge on any atom is -0.543 e. The van der Waals surface area contributed by atoms with Crippen molar-refractivity contribution in [3.8, 4) is 0 Å². The molecule has 5 rings (SSSR count). The number of fused-ring (bicyclic) bond motifs is 2. The van der Waals surface area contributed by atoms with Gasteiger partial charge >= 0.3 is 0 Å². The number of aromatic nitrogens is 2. The third-order valence-electron chi connectivity index (χ3n) is 5.60. The Bertz CT molecular complexity index is 1460. The summed E-state index contributed by atoms with van der Waals surface area (Å²) >= 11 is 3.94. The van der Waals surface area contributed by atoms with Gasteiger partial charge in [-0.1, -0.05) is 5.16 Å². The highest BCUT2D eigenvalue weighted by molar-refractivity contribution is 8.00. The second-order valence-corrected chi connectivity index (χ2v) is 11.0. The molecule has 5 N–H and O–H groups in total. The van der Waals surface area contributed by atoms with E-state index in [1.807, 2.05) is 29.1 Å². The van der Waals surface area contributed by atoms with E-state index in [1.165, 1.54) is 35.1 Å². The Balaban J connectivity index is 1.36. The third-order valence-corrected chi connectivity index (χ3v) is 8.55. The van der Waals surface area contributed by atoms with Gasteiger partial charge < -0.3 is 31.5 Å². The number of thioether (sulfide) groups is 1. The standard InChI is InChI=1S/C21H19N7O5S3/c1-33-26-14(11-8-35-21(23)24-11)17(29)25-15-18(30)28-16(20(31)32)10(7-34-19(15)28)6-27-3-2-12-9(5-27)4-13(22)36-12/h2-5,8,15,19H,6-7,22H2,1H3,(H3-,23,24,25,29,31,32)/b26-14-/t15-,19-/m1/s1. The van der Waals surface area contributed by atoms with Crippen molar-refractivity contribution in [2.75, 3.05) is 24.3 Å². The van der Waals surface area contributed by atoms with Gasteiger partial charge in [0, 0.05) is 27.5 Å². The molecule has 2 aliphatic heterocycles. The summed E-state index contributed by atoms with van der Waals surface area (Å²) in [6, 6.07) is 2.81. The number of nitrogens with two attached hydrogens (primary N) is 2. The minimum absolute atomic E-state index is 0.144. The number of carboxylic acid groups (broad SMARTS) is 1. The summed E-state index contributed by atoms with van der Waals surface area (Å²) in [5, 5.41) is 21.2. The molecule has 15 heteroatoms. The number of thiazole rings is 1. The SMILES string of the molecule is CO/N=C(\C(=O)N[C@@H]1C(=O)N2C(C(=O)[O-])=C(C[n+]3ccc4sc(N)cc4c3)CS[C@H]12)c1csc(N)n1. The molecule has 186 valence electrons. The fraction of sp³-hybridized carbons (Fsp3) is 0.238. The monoisotopic (exact) mass is 545 g/mol. The van der Waals surface area contributed by atoms with E-state index in [9.17, 15) is 19.5 Å². The highest BCUT2D eigenvalue weighted by atomic mass is 32.2. The molecule has 0 saturated carbocycles. The van der Waals surface area contributed by atoms with Crippen LogP contribution in [0.3, 0.4) is 0 Å². The van der Waals surface area contributed by atoms with Crippen LogP contribution in [0.5, 0.6) is 0 Å². The molecule has 12 nitrogen and oxygen atoms in total. The summed E-state index contributed by atoms with van der Waals surface area (Å²) in [5.41, 5.74) is 11.9. The number of nitrogens with zero attached hydrogens (tertiary/aromatic N) is 4. The van der Waals surface area contributed by atoms with Crippen molar-refractivity contribution in [1.29, 1.82) is 0 Å². The number of carboxylic acids is 1. The summed E-state index contributed by atoms with van der Waals surface area (Å²) in [5.74, 6) is -2.36. The van der Waals surface area contributed by atoms with E-state index in [2.05, 4.69) is 15.5 Å². The normalized spacial score (nSPS) is 19.8. The molecule has 2 amide bonds. The molecule has 2 atom stereocenters. The van der Waals surface area contributed by atoms with Crippen molar-refractivity contribution in [2.45, 2.75) is 18.0 Å². The van der Waals surface area contributed by atoms with Crippen molar-refractivity contribution in [3.63, 3.8) is 0 Å². The van der Waals surface area contributed by atoms with Gasteiger partial charge in [-0.05, 0) is 6.07 Å². The first-order chi connectivity index (χ1) is 17.3. The average Bonchev–Trinajstić information content (AvgIpc) is 3.44. The number of aliphatic carboxylic acids is 1. The largest absolute Gasteiger partial charge is 0.543 e. The molecule has 1 fully saturated rings. The number of nitrogens with one attached hydrogen (secondary N) is 1. The third kappa shape index (κ3) is 4.25. The topological polar surface area (TPSA) is 180 Å². The van der Waals surface area contributed by atoms with Crippen molar-refractivity contribution >= 4 is 78.1 Å². The van der Waals surface area contributed by atoms with Gasteiger partial charge in [-0.3, -0.25) is 14.5 Å². The van der Waals surface area contributed by atoms with E-state index >= 15 is 0 Å². The Hall–Kier alpha value is -3.69. The number of pyridine rings is 1. The maximum Gasteiger partial charge on any atom is 0.276 e. The number of oxime groups is 1. The molecule has 0 bridgehead atoms. The Kier molecular flexibility index (Phi) is 6.27. The lowest BCUT2D eigenvalue weighted by Gasteiger charge is -2.50. The first kappa shape index (κ1) is 24.0. The van der Waals surface area contributed by atoms with Crippen LogP contribution in [0.15, 0.2) is 46.3 Å². The first-order valence-corrected chi connectivity index (χ1v) is 13.2. The van der Waals surface area contributed by atoms with Crippen LogP contribution in [0.4, 0.5) is 10.1 Å². The van der Waals surface area contributed by atoms with Gasteiger partial charge in [0.1, 0.15) is 24.2 Å². The van der Waals surface area contributed by atoms with Crippen LogP contribution in [-0.4, -0.2) is 57.7 Å². The molecular formula is C21H19N7O5S3. The van der Waals surface area contributed by atoms with E-state index in [0.29, 0.717) is 16.3 Å². The van der Waals surface area contributed by atoms with Crippen LogP contribution in [-0.2, 0) is 25.8 Å². The fourth-order valence-corrected chi connectivity index (χ4v) is 6.75. The van der Waals surface area contributed by atoms with E-state index < -0.39 is 29.2 Å². The Morgan fingerprint density at radius 1 is 1.42 bits per heavy atom. The zero-order chi connectivity index (χ0) is 25.6. The van der Waals surface area contributed by atoms with Crippen molar-refractivity contribution in [3.05, 3.63) is 46.9 Å². The number of hydrogen-bond donors (Lipinski definition) is 3. The molecule has 0 unspecified atom stereocenters. The molecule has 1 saturated heterocycles. The number of rotatable bonds is 7. The number of anilines is 2. The maximum absolute atomic E-state index is 13.0. The van der Waals surface area contributed by atoms with Gasteiger partial charge in [-0.15, -0.1) is 34.4 Å². The average molecular weight is 546 g/mol. The van der Waals surface area contributed by atoms with E-state index in [0.717, 1.165) is 21.4 Å². The van der Waals surface area contributed by atoms with Gasteiger partial charge in [-0.25, -0.2) is 9.55 Å². The molecule has 0 radical (unpaired) electrons. The molecule has 0 aromatic carbocycles. The molecule has 2 aliphatic rings. The van der Waals surface area contributed by atoms with Crippen LogP contribution >= 0.6 is 34.4 Å². The predicted molar refractivity (Wildman–Crippen MR) is 134 cm³/mol. The summed E-state index contributed by atoms with van der Waals surface area (Å²) in [6.07, 6.45) is 3.71. The second kappa shape index (κ2) is 9.40. The van der Waals surface area contributed by atoms with Crippen molar-refractivity contribution in [1.82, 2.24) is 15.2 Å². The van der Waals surface area contributed by atoms with E-state index in [-0.39, 0.29) is 28.8 Å². The summed E-state index contributed by atoms with van der Waals surface area (Å²) in [6.45, 7) is 0.255. The van der Waals surface area contributed by atoms with Gasteiger partial charge in [-0.2, -0.15) is 0 Å². The number of thiophene rings is 1. The molecular weight excluding hydrogens is 526 g/mol. The summed E-state index contributed by atoms with van der Waals surface area (Å²) < 4.78 is 2.86. The highest BCUT2D eigenvalue weighted by Gasteiger charge is 2.53.